The summed E-state index contributed by atoms with van der Waals surface area (Å²) < 4.78 is 0. The van der Waals surface area contributed by atoms with E-state index in [2.05, 4.69) is 27.9 Å². The van der Waals surface area contributed by atoms with Crippen LogP contribution in [0.15, 0.2) is 23.6 Å². The van der Waals surface area contributed by atoms with Gasteiger partial charge in [0.05, 0.1) is 16.4 Å². The Morgan fingerprint density at radius 3 is 2.95 bits per heavy atom. The van der Waals surface area contributed by atoms with Crippen LogP contribution in [0.3, 0.4) is 0 Å². The van der Waals surface area contributed by atoms with Gasteiger partial charge in [-0.1, -0.05) is 30.1 Å². The Hall–Kier alpha value is -0.810. The van der Waals surface area contributed by atoms with Crippen LogP contribution in [-0.4, -0.2) is 18.1 Å². The summed E-state index contributed by atoms with van der Waals surface area (Å²) in [5.41, 5.74) is 1.85. The van der Waals surface area contributed by atoms with Gasteiger partial charge >= 0.3 is 0 Å². The fraction of sp³-hybridized carbons (Fsp3) is 0.308. The van der Waals surface area contributed by atoms with Crippen LogP contribution in [0.2, 0.25) is 10.0 Å². The number of nitrogens with one attached hydrogen (secondary N) is 2. The zero-order valence-corrected chi connectivity index (χ0v) is 12.9. The number of hydrogen-bond donors (Lipinski definition) is 2. The van der Waals surface area contributed by atoms with E-state index in [4.69, 9.17) is 23.2 Å². The maximum Gasteiger partial charge on any atom is 0.187 e. The second kappa shape index (κ2) is 7.10. The number of benzene rings is 1. The fourth-order valence-corrected chi connectivity index (χ4v) is 2.67. The van der Waals surface area contributed by atoms with Crippen molar-refractivity contribution in [1.82, 2.24) is 10.3 Å². The average Bonchev–Trinajstić information content (AvgIpc) is 2.82. The smallest absolute Gasteiger partial charge is 0.187 e. The van der Waals surface area contributed by atoms with Crippen LogP contribution in [0.5, 0.6) is 0 Å². The maximum atomic E-state index is 6.10. The number of nitrogens with zero attached hydrogens (tertiary/aromatic N) is 1. The molecule has 0 aliphatic carbocycles. The molecule has 2 N–H and O–H groups in total. The van der Waals surface area contributed by atoms with Gasteiger partial charge in [-0.15, -0.1) is 11.3 Å². The minimum absolute atomic E-state index is 0.633. The first-order chi connectivity index (χ1) is 9.19. The van der Waals surface area contributed by atoms with E-state index in [-0.39, 0.29) is 0 Å². The number of halogens is 2. The molecule has 0 radical (unpaired) electrons. The van der Waals surface area contributed by atoms with Crippen LogP contribution in [-0.2, 0) is 6.42 Å². The molecule has 0 bridgehead atoms. The Bertz CT molecular complexity index is 542. The number of likely N-dealkylation sites (N-methyl/N-ethyl adjacent to an activating group) is 1. The Balaban J connectivity index is 2.01. The molecule has 3 nitrogen and oxygen atoms in total. The van der Waals surface area contributed by atoms with Crippen molar-refractivity contribution in [3.63, 3.8) is 0 Å². The largest absolute Gasteiger partial charge is 0.330 e. The Kier molecular flexibility index (Phi) is 5.45. The molecule has 1 aromatic heterocycles. The van der Waals surface area contributed by atoms with Crippen molar-refractivity contribution in [2.24, 2.45) is 0 Å². The van der Waals surface area contributed by atoms with Crippen molar-refractivity contribution in [2.75, 3.05) is 18.4 Å². The topological polar surface area (TPSA) is 37.0 Å². The summed E-state index contributed by atoms with van der Waals surface area (Å²) in [5.74, 6) is 0. The highest BCUT2D eigenvalue weighted by Crippen LogP contribution is 2.29. The Morgan fingerprint density at radius 1 is 1.32 bits per heavy atom. The molecule has 0 fully saturated rings. The van der Waals surface area contributed by atoms with E-state index in [9.17, 15) is 0 Å². The van der Waals surface area contributed by atoms with Crippen molar-refractivity contribution < 1.29 is 0 Å². The van der Waals surface area contributed by atoms with Crippen LogP contribution in [0.1, 0.15) is 12.6 Å². The third kappa shape index (κ3) is 4.35. The normalized spacial score (nSPS) is 10.7. The number of hydrogen-bond acceptors (Lipinski definition) is 4. The second-order valence-corrected chi connectivity index (χ2v) is 5.70. The van der Waals surface area contributed by atoms with Gasteiger partial charge < -0.3 is 10.6 Å². The molecule has 1 heterocycles. The van der Waals surface area contributed by atoms with Crippen LogP contribution in [0, 0.1) is 0 Å². The molecular formula is C13H15Cl2N3S. The third-order valence-corrected chi connectivity index (χ3v) is 3.90. The Morgan fingerprint density at radius 2 is 2.16 bits per heavy atom. The van der Waals surface area contributed by atoms with E-state index in [1.165, 1.54) is 0 Å². The molecule has 2 aromatic rings. The molecule has 6 heteroatoms. The molecular weight excluding hydrogens is 301 g/mol. The van der Waals surface area contributed by atoms with Gasteiger partial charge in [-0.3, -0.25) is 0 Å². The molecule has 2 rings (SSSR count). The first kappa shape index (κ1) is 14.6. The third-order valence-electron chi connectivity index (χ3n) is 2.53. The van der Waals surface area contributed by atoms with Crippen LogP contribution in [0.25, 0.3) is 0 Å². The molecule has 0 amide bonds. The van der Waals surface area contributed by atoms with Gasteiger partial charge in [-0.2, -0.15) is 0 Å². The quantitative estimate of drug-likeness (QED) is 0.778. The van der Waals surface area contributed by atoms with E-state index in [0.717, 1.165) is 36.0 Å². The lowest BCUT2D eigenvalue weighted by Crippen LogP contribution is -2.16. The van der Waals surface area contributed by atoms with E-state index in [1.807, 2.05) is 0 Å². The summed E-state index contributed by atoms with van der Waals surface area (Å²) in [5, 5.41) is 10.6. The van der Waals surface area contributed by atoms with Crippen LogP contribution >= 0.6 is 34.5 Å². The predicted molar refractivity (Wildman–Crippen MR) is 84.1 cm³/mol. The SMILES string of the molecule is CCNCCc1csc(Nc2cc(Cl)ccc2Cl)n1. The summed E-state index contributed by atoms with van der Waals surface area (Å²) in [4.78, 5) is 4.51. The highest BCUT2D eigenvalue weighted by atomic mass is 35.5. The van der Waals surface area contributed by atoms with Gasteiger partial charge in [0, 0.05) is 23.4 Å². The molecule has 19 heavy (non-hydrogen) atoms. The molecule has 0 aliphatic rings. The van der Waals surface area contributed by atoms with E-state index in [0.29, 0.717) is 10.0 Å². The first-order valence-corrected chi connectivity index (χ1v) is 7.70. The van der Waals surface area contributed by atoms with Gasteiger partial charge in [0.15, 0.2) is 5.13 Å². The average molecular weight is 316 g/mol. The fourth-order valence-electron chi connectivity index (χ4n) is 1.58. The first-order valence-electron chi connectivity index (χ1n) is 6.06. The summed E-state index contributed by atoms with van der Waals surface area (Å²) in [6, 6.07) is 5.33. The van der Waals surface area contributed by atoms with Crippen molar-refractivity contribution >= 4 is 45.4 Å². The predicted octanol–water partition coefficient (Wildman–Crippen LogP) is 4.35. The zero-order chi connectivity index (χ0) is 13.7. The van der Waals surface area contributed by atoms with E-state index >= 15 is 0 Å². The molecule has 0 atom stereocenters. The summed E-state index contributed by atoms with van der Waals surface area (Å²) in [6.07, 6.45) is 0.926. The van der Waals surface area contributed by atoms with E-state index in [1.54, 1.807) is 29.5 Å². The zero-order valence-electron chi connectivity index (χ0n) is 10.5. The maximum absolute atomic E-state index is 6.10. The molecule has 0 aliphatic heterocycles. The Labute approximate surface area is 127 Å². The van der Waals surface area contributed by atoms with Gasteiger partial charge in [-0.05, 0) is 24.7 Å². The number of anilines is 2. The number of rotatable bonds is 6. The van der Waals surface area contributed by atoms with Gasteiger partial charge in [0.25, 0.3) is 0 Å². The van der Waals surface area contributed by atoms with Gasteiger partial charge in [0.1, 0.15) is 0 Å². The lowest BCUT2D eigenvalue weighted by atomic mass is 10.3. The number of thiazole rings is 1. The van der Waals surface area contributed by atoms with Crippen LogP contribution < -0.4 is 10.6 Å². The summed E-state index contributed by atoms with van der Waals surface area (Å²) in [6.45, 7) is 4.01. The molecule has 102 valence electrons. The van der Waals surface area contributed by atoms with Crippen molar-refractivity contribution in [3.8, 4) is 0 Å². The standard InChI is InChI=1S/C13H15Cl2N3S/c1-2-16-6-5-10-8-19-13(17-10)18-12-7-9(14)3-4-11(12)15/h3-4,7-8,16H,2,5-6H2,1H3,(H,17,18). The molecule has 1 aromatic carbocycles. The monoisotopic (exact) mass is 315 g/mol. The minimum atomic E-state index is 0.633. The molecule has 0 saturated carbocycles. The lowest BCUT2D eigenvalue weighted by molar-refractivity contribution is 0.710. The summed E-state index contributed by atoms with van der Waals surface area (Å²) >= 11 is 13.6. The van der Waals surface area contributed by atoms with Gasteiger partial charge in [0.2, 0.25) is 0 Å². The minimum Gasteiger partial charge on any atom is -0.330 e. The second-order valence-electron chi connectivity index (χ2n) is 4.00. The van der Waals surface area contributed by atoms with E-state index < -0.39 is 0 Å². The highest BCUT2D eigenvalue weighted by molar-refractivity contribution is 7.13. The van der Waals surface area contributed by atoms with Crippen LogP contribution in [0.4, 0.5) is 10.8 Å². The van der Waals surface area contributed by atoms with Crippen molar-refractivity contribution in [1.29, 1.82) is 0 Å². The molecule has 0 spiro atoms. The van der Waals surface area contributed by atoms with Crippen molar-refractivity contribution in [3.05, 3.63) is 39.3 Å². The lowest BCUT2D eigenvalue weighted by Gasteiger charge is -2.05. The molecule has 0 unspecified atom stereocenters. The number of aromatic nitrogens is 1. The van der Waals surface area contributed by atoms with Crippen molar-refractivity contribution in [2.45, 2.75) is 13.3 Å². The van der Waals surface area contributed by atoms with Gasteiger partial charge in [-0.25, -0.2) is 4.98 Å². The summed E-state index contributed by atoms with van der Waals surface area (Å²) in [7, 11) is 0. The molecule has 0 saturated heterocycles. The highest BCUT2D eigenvalue weighted by Gasteiger charge is 2.05.